The maximum Gasteiger partial charge on any atom is 0.126 e. The normalized spacial score (nSPS) is 12.2. The Labute approximate surface area is 103 Å². The summed E-state index contributed by atoms with van der Waals surface area (Å²) in [5.74, 6) is 0.929. The molecule has 1 heterocycles. The summed E-state index contributed by atoms with van der Waals surface area (Å²) in [4.78, 5) is 4.31. The van der Waals surface area contributed by atoms with Crippen LogP contribution in [0.1, 0.15) is 29.7 Å². The van der Waals surface area contributed by atoms with Gasteiger partial charge in [-0.15, -0.1) is 0 Å². The summed E-state index contributed by atoms with van der Waals surface area (Å²) < 4.78 is 0. The molecule has 0 fully saturated rings. The maximum absolute atomic E-state index is 4.31. The van der Waals surface area contributed by atoms with Crippen LogP contribution in [0.15, 0.2) is 42.6 Å². The predicted molar refractivity (Wildman–Crippen MR) is 72.2 cm³/mol. The van der Waals surface area contributed by atoms with Gasteiger partial charge in [-0.2, -0.15) is 0 Å². The molecular formula is C15H18N2. The number of hydrogen-bond acceptors (Lipinski definition) is 2. The van der Waals surface area contributed by atoms with Gasteiger partial charge in [-0.1, -0.05) is 29.8 Å². The topological polar surface area (TPSA) is 24.9 Å². The summed E-state index contributed by atoms with van der Waals surface area (Å²) in [5, 5.41) is 3.41. The molecule has 1 N–H and O–H groups in total. The third-order valence-corrected chi connectivity index (χ3v) is 2.86. The number of anilines is 1. The Morgan fingerprint density at radius 1 is 1.00 bits per heavy atom. The fourth-order valence-electron chi connectivity index (χ4n) is 1.78. The highest BCUT2D eigenvalue weighted by atomic mass is 15.0. The third-order valence-electron chi connectivity index (χ3n) is 2.86. The van der Waals surface area contributed by atoms with Crippen LogP contribution in [0.5, 0.6) is 0 Å². The van der Waals surface area contributed by atoms with E-state index in [1.54, 1.807) is 0 Å². The molecule has 0 aliphatic heterocycles. The van der Waals surface area contributed by atoms with E-state index in [1.807, 2.05) is 12.3 Å². The van der Waals surface area contributed by atoms with Gasteiger partial charge >= 0.3 is 0 Å². The van der Waals surface area contributed by atoms with E-state index < -0.39 is 0 Å². The highest BCUT2D eigenvalue weighted by Crippen LogP contribution is 2.18. The Balaban J connectivity index is 2.11. The second-order valence-electron chi connectivity index (χ2n) is 4.50. The molecule has 2 rings (SSSR count). The summed E-state index contributed by atoms with van der Waals surface area (Å²) in [6.45, 7) is 6.32. The first-order valence-corrected chi connectivity index (χ1v) is 5.91. The Bertz CT molecular complexity index is 489. The van der Waals surface area contributed by atoms with Crippen molar-refractivity contribution in [2.24, 2.45) is 0 Å². The zero-order valence-electron chi connectivity index (χ0n) is 10.6. The van der Waals surface area contributed by atoms with Gasteiger partial charge in [0.1, 0.15) is 5.82 Å². The monoisotopic (exact) mass is 226 g/mol. The summed E-state index contributed by atoms with van der Waals surface area (Å²) >= 11 is 0. The number of rotatable bonds is 3. The summed E-state index contributed by atoms with van der Waals surface area (Å²) in [7, 11) is 0. The van der Waals surface area contributed by atoms with Crippen molar-refractivity contribution < 1.29 is 0 Å². The molecular weight excluding hydrogens is 208 g/mol. The van der Waals surface area contributed by atoms with Gasteiger partial charge in [0.25, 0.3) is 0 Å². The molecule has 1 atom stereocenters. The smallest absolute Gasteiger partial charge is 0.126 e. The summed E-state index contributed by atoms with van der Waals surface area (Å²) in [5.41, 5.74) is 3.78. The van der Waals surface area contributed by atoms with Crippen molar-refractivity contribution in [1.82, 2.24) is 4.98 Å². The molecule has 0 amide bonds. The molecule has 88 valence electrons. The van der Waals surface area contributed by atoms with E-state index in [0.717, 1.165) is 5.82 Å². The lowest BCUT2D eigenvalue weighted by Crippen LogP contribution is -2.07. The van der Waals surface area contributed by atoms with Crippen LogP contribution in [0.2, 0.25) is 0 Å². The highest BCUT2D eigenvalue weighted by molar-refractivity contribution is 5.40. The Kier molecular flexibility index (Phi) is 3.43. The van der Waals surface area contributed by atoms with Gasteiger partial charge in [-0.05, 0) is 44.0 Å². The van der Waals surface area contributed by atoms with E-state index in [0.29, 0.717) is 0 Å². The minimum absolute atomic E-state index is 0.268. The predicted octanol–water partition coefficient (Wildman–Crippen LogP) is 3.87. The van der Waals surface area contributed by atoms with E-state index in [4.69, 9.17) is 0 Å². The lowest BCUT2D eigenvalue weighted by Gasteiger charge is -2.15. The zero-order valence-corrected chi connectivity index (χ0v) is 10.6. The molecule has 17 heavy (non-hydrogen) atoms. The summed E-state index contributed by atoms with van der Waals surface area (Å²) in [6, 6.07) is 12.9. The summed E-state index contributed by atoms with van der Waals surface area (Å²) in [6.07, 6.45) is 1.83. The molecule has 2 nitrogen and oxygen atoms in total. The van der Waals surface area contributed by atoms with Crippen molar-refractivity contribution >= 4 is 5.82 Å². The molecule has 0 aliphatic carbocycles. The van der Waals surface area contributed by atoms with Crippen molar-refractivity contribution in [1.29, 1.82) is 0 Å². The first-order valence-electron chi connectivity index (χ1n) is 5.91. The molecule has 0 radical (unpaired) electrons. The standard InChI is InChI=1S/C15H18N2/c1-11-4-6-14(7-5-11)13(3)17-15-10-12(2)8-9-16-15/h4-10,13H,1-3H3,(H,16,17). The van der Waals surface area contributed by atoms with Gasteiger partial charge in [0.05, 0.1) is 0 Å². The average molecular weight is 226 g/mol. The Morgan fingerprint density at radius 3 is 2.35 bits per heavy atom. The van der Waals surface area contributed by atoms with Crippen LogP contribution in [-0.2, 0) is 0 Å². The van der Waals surface area contributed by atoms with Crippen LogP contribution in [0.25, 0.3) is 0 Å². The van der Waals surface area contributed by atoms with E-state index in [2.05, 4.69) is 61.4 Å². The fraction of sp³-hybridized carbons (Fsp3) is 0.267. The van der Waals surface area contributed by atoms with Crippen molar-refractivity contribution in [3.8, 4) is 0 Å². The zero-order chi connectivity index (χ0) is 12.3. The van der Waals surface area contributed by atoms with Crippen LogP contribution in [-0.4, -0.2) is 4.98 Å². The minimum atomic E-state index is 0.268. The SMILES string of the molecule is Cc1ccc(C(C)Nc2cc(C)ccn2)cc1. The number of pyridine rings is 1. The molecule has 1 aromatic heterocycles. The van der Waals surface area contributed by atoms with Crippen LogP contribution in [0, 0.1) is 13.8 Å². The van der Waals surface area contributed by atoms with Crippen LogP contribution >= 0.6 is 0 Å². The third kappa shape index (κ3) is 3.06. The minimum Gasteiger partial charge on any atom is -0.364 e. The van der Waals surface area contributed by atoms with Gasteiger partial charge in [-0.3, -0.25) is 0 Å². The van der Waals surface area contributed by atoms with Crippen LogP contribution < -0.4 is 5.32 Å². The van der Waals surface area contributed by atoms with Crippen molar-refractivity contribution in [3.63, 3.8) is 0 Å². The first-order chi connectivity index (χ1) is 8.15. The Hall–Kier alpha value is -1.83. The van der Waals surface area contributed by atoms with Gasteiger partial charge in [0.15, 0.2) is 0 Å². The average Bonchev–Trinajstić information content (AvgIpc) is 2.29. The van der Waals surface area contributed by atoms with E-state index in [1.165, 1.54) is 16.7 Å². The first kappa shape index (κ1) is 11.6. The van der Waals surface area contributed by atoms with E-state index in [9.17, 15) is 0 Å². The van der Waals surface area contributed by atoms with Gasteiger partial charge in [0, 0.05) is 12.2 Å². The molecule has 0 bridgehead atoms. The molecule has 2 aromatic rings. The number of hydrogen-bond donors (Lipinski definition) is 1. The Morgan fingerprint density at radius 2 is 1.71 bits per heavy atom. The molecule has 0 saturated carbocycles. The second kappa shape index (κ2) is 5.00. The molecule has 1 unspecified atom stereocenters. The second-order valence-corrected chi connectivity index (χ2v) is 4.50. The van der Waals surface area contributed by atoms with Crippen molar-refractivity contribution in [3.05, 3.63) is 59.3 Å². The molecule has 0 spiro atoms. The molecule has 0 aliphatic rings. The lowest BCUT2D eigenvalue weighted by atomic mass is 10.1. The quantitative estimate of drug-likeness (QED) is 0.859. The van der Waals surface area contributed by atoms with E-state index in [-0.39, 0.29) is 6.04 Å². The van der Waals surface area contributed by atoms with Crippen molar-refractivity contribution in [2.75, 3.05) is 5.32 Å². The fourth-order valence-corrected chi connectivity index (χ4v) is 1.78. The number of aryl methyl sites for hydroxylation is 2. The van der Waals surface area contributed by atoms with Gasteiger partial charge in [0.2, 0.25) is 0 Å². The number of benzene rings is 1. The maximum atomic E-state index is 4.31. The van der Waals surface area contributed by atoms with Crippen molar-refractivity contribution in [2.45, 2.75) is 26.8 Å². The lowest BCUT2D eigenvalue weighted by molar-refractivity contribution is 0.873. The number of aromatic nitrogens is 1. The van der Waals surface area contributed by atoms with Crippen LogP contribution in [0.4, 0.5) is 5.82 Å². The van der Waals surface area contributed by atoms with Gasteiger partial charge < -0.3 is 5.32 Å². The highest BCUT2D eigenvalue weighted by Gasteiger charge is 2.05. The molecule has 1 aromatic carbocycles. The number of nitrogens with zero attached hydrogens (tertiary/aromatic N) is 1. The number of nitrogens with one attached hydrogen (secondary N) is 1. The molecule has 0 saturated heterocycles. The molecule has 2 heteroatoms. The van der Waals surface area contributed by atoms with Crippen LogP contribution in [0.3, 0.4) is 0 Å². The van der Waals surface area contributed by atoms with E-state index >= 15 is 0 Å². The van der Waals surface area contributed by atoms with Gasteiger partial charge in [-0.25, -0.2) is 4.98 Å². The largest absolute Gasteiger partial charge is 0.364 e.